The summed E-state index contributed by atoms with van der Waals surface area (Å²) in [6.07, 6.45) is 5.15. The van der Waals surface area contributed by atoms with E-state index in [2.05, 4.69) is 21.2 Å². The number of halogens is 1. The first-order chi connectivity index (χ1) is 10.0. The molecule has 1 aliphatic carbocycles. The highest BCUT2D eigenvalue weighted by molar-refractivity contribution is 9.10. The average Bonchev–Trinajstić information content (AvgIpc) is 2.41. The molecule has 21 heavy (non-hydrogen) atoms. The molecule has 1 saturated carbocycles. The fourth-order valence-corrected chi connectivity index (χ4v) is 3.52. The topological polar surface area (TPSA) is 66.4 Å². The number of benzene rings is 1. The van der Waals surface area contributed by atoms with E-state index in [9.17, 15) is 9.59 Å². The van der Waals surface area contributed by atoms with Crippen molar-refractivity contribution in [2.75, 3.05) is 5.32 Å². The molecule has 2 rings (SSSR count). The lowest BCUT2D eigenvalue weighted by molar-refractivity contribution is -0.140. The minimum atomic E-state index is -0.814. The Kier molecular flexibility index (Phi) is 5.39. The largest absolute Gasteiger partial charge is 0.481 e. The number of amides is 1. The van der Waals surface area contributed by atoms with Crippen molar-refractivity contribution >= 4 is 33.5 Å². The van der Waals surface area contributed by atoms with E-state index >= 15 is 0 Å². The fraction of sp³-hybridized carbons (Fsp3) is 0.500. The first kappa shape index (κ1) is 16.0. The van der Waals surface area contributed by atoms with Gasteiger partial charge in [0.05, 0.1) is 12.1 Å². The molecule has 1 aromatic rings. The summed E-state index contributed by atoms with van der Waals surface area (Å²) in [6.45, 7) is 0. The van der Waals surface area contributed by atoms with E-state index in [0.29, 0.717) is 0 Å². The Morgan fingerprint density at radius 1 is 1.14 bits per heavy atom. The van der Waals surface area contributed by atoms with E-state index in [0.717, 1.165) is 42.3 Å². The quantitative estimate of drug-likeness (QED) is 0.833. The maximum absolute atomic E-state index is 12.3. The Bertz CT molecular complexity index is 524. The molecule has 0 spiro atoms. The van der Waals surface area contributed by atoms with Gasteiger partial charge in [-0.1, -0.05) is 31.4 Å². The SMILES string of the molecule is O=C(O)CC1(CC(=O)Nc2ccccc2Br)CCCCC1. The third-order valence-electron chi connectivity index (χ3n) is 4.12. The minimum Gasteiger partial charge on any atom is -0.481 e. The second-order valence-electron chi connectivity index (χ2n) is 5.84. The number of rotatable bonds is 5. The number of para-hydroxylation sites is 1. The maximum Gasteiger partial charge on any atom is 0.303 e. The van der Waals surface area contributed by atoms with Crippen LogP contribution in [0.2, 0.25) is 0 Å². The summed E-state index contributed by atoms with van der Waals surface area (Å²) in [5, 5.41) is 12.0. The highest BCUT2D eigenvalue weighted by Crippen LogP contribution is 2.42. The molecule has 1 amide bonds. The molecule has 1 fully saturated rings. The zero-order valence-corrected chi connectivity index (χ0v) is 13.5. The van der Waals surface area contributed by atoms with Crippen LogP contribution in [0.25, 0.3) is 0 Å². The standard InChI is InChI=1S/C16H20BrNO3/c17-12-6-2-3-7-13(12)18-14(19)10-16(11-15(20)21)8-4-1-5-9-16/h2-3,6-7H,1,4-5,8-11H2,(H,18,19)(H,20,21). The third-order valence-corrected chi connectivity index (χ3v) is 4.82. The van der Waals surface area contributed by atoms with Crippen LogP contribution in [0.15, 0.2) is 28.7 Å². The van der Waals surface area contributed by atoms with E-state index in [1.165, 1.54) is 0 Å². The first-order valence-electron chi connectivity index (χ1n) is 7.27. The molecule has 0 aliphatic heterocycles. The van der Waals surface area contributed by atoms with Crippen molar-refractivity contribution in [3.05, 3.63) is 28.7 Å². The second-order valence-corrected chi connectivity index (χ2v) is 6.69. The molecule has 5 heteroatoms. The summed E-state index contributed by atoms with van der Waals surface area (Å²) >= 11 is 3.39. The van der Waals surface area contributed by atoms with Crippen molar-refractivity contribution in [2.24, 2.45) is 5.41 Å². The lowest BCUT2D eigenvalue weighted by Crippen LogP contribution is -2.32. The maximum atomic E-state index is 12.3. The van der Waals surface area contributed by atoms with Crippen molar-refractivity contribution in [3.8, 4) is 0 Å². The van der Waals surface area contributed by atoms with Crippen LogP contribution in [0.3, 0.4) is 0 Å². The number of carbonyl (C=O) groups is 2. The molecule has 2 N–H and O–H groups in total. The van der Waals surface area contributed by atoms with Gasteiger partial charge in [-0.3, -0.25) is 9.59 Å². The summed E-state index contributed by atoms with van der Waals surface area (Å²) < 4.78 is 0.828. The van der Waals surface area contributed by atoms with Crippen molar-refractivity contribution in [1.82, 2.24) is 0 Å². The van der Waals surface area contributed by atoms with Gasteiger partial charge in [-0.2, -0.15) is 0 Å². The summed E-state index contributed by atoms with van der Waals surface area (Å²) in [4.78, 5) is 23.4. The number of aliphatic carboxylic acids is 1. The van der Waals surface area contributed by atoms with E-state index in [1.807, 2.05) is 24.3 Å². The zero-order valence-electron chi connectivity index (χ0n) is 11.9. The molecule has 0 saturated heterocycles. The van der Waals surface area contributed by atoms with Gasteiger partial charge in [-0.05, 0) is 46.3 Å². The van der Waals surface area contributed by atoms with Crippen LogP contribution >= 0.6 is 15.9 Å². The number of hydrogen-bond acceptors (Lipinski definition) is 2. The van der Waals surface area contributed by atoms with Gasteiger partial charge in [0.15, 0.2) is 0 Å². The van der Waals surface area contributed by atoms with Crippen molar-refractivity contribution in [1.29, 1.82) is 0 Å². The molecular weight excluding hydrogens is 334 g/mol. The Hall–Kier alpha value is -1.36. The summed E-state index contributed by atoms with van der Waals surface area (Å²) in [7, 11) is 0. The van der Waals surface area contributed by atoms with Crippen LogP contribution in [0.1, 0.15) is 44.9 Å². The lowest BCUT2D eigenvalue weighted by Gasteiger charge is -2.35. The van der Waals surface area contributed by atoms with Crippen LogP contribution in [0.4, 0.5) is 5.69 Å². The Morgan fingerprint density at radius 3 is 2.43 bits per heavy atom. The molecule has 0 radical (unpaired) electrons. The van der Waals surface area contributed by atoms with Crippen molar-refractivity contribution in [2.45, 2.75) is 44.9 Å². The average molecular weight is 354 g/mol. The van der Waals surface area contributed by atoms with Crippen LogP contribution in [-0.4, -0.2) is 17.0 Å². The smallest absolute Gasteiger partial charge is 0.303 e. The second kappa shape index (κ2) is 7.07. The Labute approximate surface area is 133 Å². The highest BCUT2D eigenvalue weighted by Gasteiger charge is 2.36. The molecule has 114 valence electrons. The number of hydrogen-bond donors (Lipinski definition) is 2. The molecule has 1 aromatic carbocycles. The van der Waals surface area contributed by atoms with Gasteiger partial charge in [0, 0.05) is 10.9 Å². The number of nitrogens with one attached hydrogen (secondary N) is 1. The molecule has 0 aromatic heterocycles. The molecule has 0 unspecified atom stereocenters. The number of anilines is 1. The van der Waals surface area contributed by atoms with Gasteiger partial charge in [0.25, 0.3) is 0 Å². The predicted molar refractivity (Wildman–Crippen MR) is 85.2 cm³/mol. The molecule has 0 bridgehead atoms. The van der Waals surface area contributed by atoms with Crippen molar-refractivity contribution in [3.63, 3.8) is 0 Å². The molecular formula is C16H20BrNO3. The van der Waals surface area contributed by atoms with Gasteiger partial charge in [-0.15, -0.1) is 0 Å². The van der Waals surface area contributed by atoms with Gasteiger partial charge in [0.1, 0.15) is 0 Å². The molecule has 0 heterocycles. The van der Waals surface area contributed by atoms with Gasteiger partial charge in [0.2, 0.25) is 5.91 Å². The van der Waals surface area contributed by atoms with Crippen LogP contribution in [0, 0.1) is 5.41 Å². The summed E-state index contributed by atoms with van der Waals surface area (Å²) in [5.41, 5.74) is 0.346. The van der Waals surface area contributed by atoms with Crippen LogP contribution < -0.4 is 5.32 Å². The van der Waals surface area contributed by atoms with E-state index < -0.39 is 5.97 Å². The highest BCUT2D eigenvalue weighted by atomic mass is 79.9. The van der Waals surface area contributed by atoms with Gasteiger partial charge in [-0.25, -0.2) is 0 Å². The molecule has 1 aliphatic rings. The fourth-order valence-electron chi connectivity index (χ4n) is 3.14. The summed E-state index contributed by atoms with van der Waals surface area (Å²) in [5.74, 6) is -0.921. The minimum absolute atomic E-state index is 0.0797. The first-order valence-corrected chi connectivity index (χ1v) is 8.06. The Morgan fingerprint density at radius 2 is 1.81 bits per heavy atom. The normalized spacial score (nSPS) is 17.2. The predicted octanol–water partition coefficient (Wildman–Crippen LogP) is 4.20. The number of carboxylic acid groups (broad SMARTS) is 1. The molecule has 0 atom stereocenters. The number of carboxylic acids is 1. The van der Waals surface area contributed by atoms with Crippen LogP contribution in [-0.2, 0) is 9.59 Å². The van der Waals surface area contributed by atoms with Crippen molar-refractivity contribution < 1.29 is 14.7 Å². The molecule has 4 nitrogen and oxygen atoms in total. The van der Waals surface area contributed by atoms with Gasteiger partial charge >= 0.3 is 5.97 Å². The zero-order chi connectivity index (χ0) is 15.3. The van der Waals surface area contributed by atoms with E-state index in [-0.39, 0.29) is 24.2 Å². The number of carbonyl (C=O) groups excluding carboxylic acids is 1. The van der Waals surface area contributed by atoms with E-state index in [1.54, 1.807) is 0 Å². The lowest BCUT2D eigenvalue weighted by atomic mass is 9.69. The monoisotopic (exact) mass is 353 g/mol. The van der Waals surface area contributed by atoms with Crippen LogP contribution in [0.5, 0.6) is 0 Å². The summed E-state index contributed by atoms with van der Waals surface area (Å²) in [6, 6.07) is 7.43. The van der Waals surface area contributed by atoms with Gasteiger partial charge < -0.3 is 10.4 Å². The Balaban J connectivity index is 2.04. The third kappa shape index (κ3) is 4.56. The van der Waals surface area contributed by atoms with E-state index in [4.69, 9.17) is 5.11 Å².